The first-order valence-corrected chi connectivity index (χ1v) is 6.31. The summed E-state index contributed by atoms with van der Waals surface area (Å²) in [7, 11) is 3.58. The van der Waals surface area contributed by atoms with Gasteiger partial charge in [0.15, 0.2) is 5.75 Å². The number of methoxy groups -OCH3 is 1. The molecule has 0 amide bonds. The van der Waals surface area contributed by atoms with Gasteiger partial charge < -0.3 is 14.8 Å². The van der Waals surface area contributed by atoms with Crippen LogP contribution in [0.3, 0.4) is 0 Å². The van der Waals surface area contributed by atoms with Crippen molar-refractivity contribution in [3.63, 3.8) is 0 Å². The van der Waals surface area contributed by atoms with Gasteiger partial charge in [0.1, 0.15) is 11.5 Å². The molecule has 0 spiro atoms. The standard InChI is InChI=1S/C14H19N3O2/c1-15-7-4-8-17-11-14(10-16-17)19-13-6-3-5-12(9-13)18-2/h3,5-6,9-11,15H,4,7-8H2,1-2H3. The summed E-state index contributed by atoms with van der Waals surface area (Å²) in [5.74, 6) is 2.26. The molecule has 1 heterocycles. The maximum absolute atomic E-state index is 5.73. The second kappa shape index (κ2) is 6.80. The Labute approximate surface area is 113 Å². The summed E-state index contributed by atoms with van der Waals surface area (Å²) in [6, 6.07) is 7.51. The Kier molecular flexibility index (Phi) is 4.80. The van der Waals surface area contributed by atoms with E-state index in [1.165, 1.54) is 0 Å². The van der Waals surface area contributed by atoms with Crippen LogP contribution >= 0.6 is 0 Å². The number of aromatic nitrogens is 2. The second-order valence-electron chi connectivity index (χ2n) is 4.18. The van der Waals surface area contributed by atoms with Crippen molar-refractivity contribution < 1.29 is 9.47 Å². The molecule has 19 heavy (non-hydrogen) atoms. The van der Waals surface area contributed by atoms with Crippen LogP contribution in [-0.4, -0.2) is 30.5 Å². The van der Waals surface area contributed by atoms with Gasteiger partial charge in [0.2, 0.25) is 0 Å². The Morgan fingerprint density at radius 2 is 2.11 bits per heavy atom. The molecule has 0 saturated heterocycles. The number of nitrogens with zero attached hydrogens (tertiary/aromatic N) is 2. The number of benzene rings is 1. The zero-order valence-electron chi connectivity index (χ0n) is 11.3. The second-order valence-corrected chi connectivity index (χ2v) is 4.18. The lowest BCUT2D eigenvalue weighted by Gasteiger charge is -2.04. The Balaban J connectivity index is 1.95. The highest BCUT2D eigenvalue weighted by molar-refractivity contribution is 5.35. The van der Waals surface area contributed by atoms with Gasteiger partial charge in [-0.3, -0.25) is 4.68 Å². The third-order valence-electron chi connectivity index (χ3n) is 2.70. The molecule has 2 rings (SSSR count). The average Bonchev–Trinajstić information content (AvgIpc) is 2.87. The van der Waals surface area contributed by atoms with E-state index in [-0.39, 0.29) is 0 Å². The number of hydrogen-bond acceptors (Lipinski definition) is 4. The number of aryl methyl sites for hydroxylation is 1. The van der Waals surface area contributed by atoms with E-state index >= 15 is 0 Å². The molecule has 5 heteroatoms. The van der Waals surface area contributed by atoms with Crippen LogP contribution in [0.1, 0.15) is 6.42 Å². The molecule has 0 aliphatic carbocycles. The molecule has 0 radical (unpaired) electrons. The van der Waals surface area contributed by atoms with Crippen molar-refractivity contribution in [2.75, 3.05) is 20.7 Å². The van der Waals surface area contributed by atoms with E-state index in [4.69, 9.17) is 9.47 Å². The minimum atomic E-state index is 0.734. The molecule has 1 N–H and O–H groups in total. The first kappa shape index (κ1) is 13.4. The molecule has 0 fully saturated rings. The third kappa shape index (κ3) is 3.99. The molecule has 1 aromatic carbocycles. The van der Waals surface area contributed by atoms with Crippen molar-refractivity contribution >= 4 is 0 Å². The van der Waals surface area contributed by atoms with Gasteiger partial charge in [0, 0.05) is 12.6 Å². The predicted octanol–water partition coefficient (Wildman–Crippen LogP) is 2.29. The number of rotatable bonds is 7. The molecule has 0 atom stereocenters. The van der Waals surface area contributed by atoms with Gasteiger partial charge in [-0.1, -0.05) is 6.07 Å². The van der Waals surface area contributed by atoms with E-state index in [1.54, 1.807) is 13.3 Å². The summed E-state index contributed by atoms with van der Waals surface area (Å²) in [6.07, 6.45) is 4.66. The van der Waals surface area contributed by atoms with Gasteiger partial charge in [-0.15, -0.1) is 0 Å². The van der Waals surface area contributed by atoms with Crippen LogP contribution in [0, 0.1) is 0 Å². The van der Waals surface area contributed by atoms with E-state index in [1.807, 2.05) is 42.2 Å². The SMILES string of the molecule is CNCCCn1cc(Oc2cccc(OC)c2)cn1. The number of nitrogens with one attached hydrogen (secondary N) is 1. The van der Waals surface area contributed by atoms with Crippen molar-refractivity contribution in [2.45, 2.75) is 13.0 Å². The topological polar surface area (TPSA) is 48.3 Å². The largest absolute Gasteiger partial charge is 0.497 e. The smallest absolute Gasteiger partial charge is 0.165 e. The van der Waals surface area contributed by atoms with Gasteiger partial charge in [-0.25, -0.2) is 0 Å². The Morgan fingerprint density at radius 1 is 1.26 bits per heavy atom. The van der Waals surface area contributed by atoms with E-state index < -0.39 is 0 Å². The lowest BCUT2D eigenvalue weighted by atomic mass is 10.3. The molecule has 0 unspecified atom stereocenters. The quantitative estimate of drug-likeness (QED) is 0.777. The fourth-order valence-corrected chi connectivity index (χ4v) is 1.74. The summed E-state index contributed by atoms with van der Waals surface area (Å²) < 4.78 is 12.8. The van der Waals surface area contributed by atoms with Gasteiger partial charge in [0.25, 0.3) is 0 Å². The molecule has 0 aliphatic heterocycles. The van der Waals surface area contributed by atoms with Gasteiger partial charge in [0.05, 0.1) is 19.5 Å². The Morgan fingerprint density at radius 3 is 2.89 bits per heavy atom. The van der Waals surface area contributed by atoms with Crippen LogP contribution in [0.2, 0.25) is 0 Å². The Hall–Kier alpha value is -2.01. The van der Waals surface area contributed by atoms with Crippen LogP contribution in [0.4, 0.5) is 0 Å². The van der Waals surface area contributed by atoms with Gasteiger partial charge in [-0.05, 0) is 32.1 Å². The zero-order valence-corrected chi connectivity index (χ0v) is 11.3. The van der Waals surface area contributed by atoms with E-state index in [2.05, 4.69) is 10.4 Å². The number of hydrogen-bond donors (Lipinski definition) is 1. The Bertz CT molecular complexity index is 511. The number of ether oxygens (including phenoxy) is 2. The van der Waals surface area contributed by atoms with Gasteiger partial charge in [-0.2, -0.15) is 5.10 Å². The van der Waals surface area contributed by atoms with Gasteiger partial charge >= 0.3 is 0 Å². The fraction of sp³-hybridized carbons (Fsp3) is 0.357. The van der Waals surface area contributed by atoms with Crippen LogP contribution < -0.4 is 14.8 Å². The lowest BCUT2D eigenvalue weighted by molar-refractivity contribution is 0.409. The van der Waals surface area contributed by atoms with Crippen LogP contribution in [-0.2, 0) is 6.54 Å². The monoisotopic (exact) mass is 261 g/mol. The first-order chi connectivity index (χ1) is 9.31. The summed E-state index contributed by atoms with van der Waals surface area (Å²) >= 11 is 0. The molecule has 0 bridgehead atoms. The van der Waals surface area contributed by atoms with Crippen molar-refractivity contribution in [1.29, 1.82) is 0 Å². The van der Waals surface area contributed by atoms with Crippen molar-refractivity contribution in [1.82, 2.24) is 15.1 Å². The maximum atomic E-state index is 5.73. The minimum absolute atomic E-state index is 0.734. The zero-order chi connectivity index (χ0) is 13.5. The lowest BCUT2D eigenvalue weighted by Crippen LogP contribution is -2.11. The average molecular weight is 261 g/mol. The summed E-state index contributed by atoms with van der Waals surface area (Å²) in [6.45, 7) is 1.86. The summed E-state index contributed by atoms with van der Waals surface area (Å²) in [4.78, 5) is 0. The minimum Gasteiger partial charge on any atom is -0.497 e. The highest BCUT2D eigenvalue weighted by Crippen LogP contribution is 2.24. The molecular formula is C14H19N3O2. The molecule has 0 saturated carbocycles. The summed E-state index contributed by atoms with van der Waals surface area (Å²) in [5, 5.41) is 7.37. The molecular weight excluding hydrogens is 242 g/mol. The van der Waals surface area contributed by atoms with E-state index in [9.17, 15) is 0 Å². The third-order valence-corrected chi connectivity index (χ3v) is 2.70. The van der Waals surface area contributed by atoms with E-state index in [0.29, 0.717) is 0 Å². The van der Waals surface area contributed by atoms with Crippen molar-refractivity contribution in [3.05, 3.63) is 36.7 Å². The fourth-order valence-electron chi connectivity index (χ4n) is 1.74. The molecule has 2 aromatic rings. The van der Waals surface area contributed by atoms with Crippen LogP contribution in [0.5, 0.6) is 17.2 Å². The first-order valence-electron chi connectivity index (χ1n) is 6.31. The molecule has 5 nitrogen and oxygen atoms in total. The van der Waals surface area contributed by atoms with Crippen molar-refractivity contribution in [3.8, 4) is 17.2 Å². The normalized spacial score (nSPS) is 10.4. The van der Waals surface area contributed by atoms with Crippen LogP contribution in [0.25, 0.3) is 0 Å². The maximum Gasteiger partial charge on any atom is 0.165 e. The molecule has 1 aromatic heterocycles. The van der Waals surface area contributed by atoms with Crippen LogP contribution in [0.15, 0.2) is 36.7 Å². The molecule has 0 aliphatic rings. The van der Waals surface area contributed by atoms with Crippen molar-refractivity contribution in [2.24, 2.45) is 0 Å². The predicted molar refractivity (Wildman–Crippen MR) is 73.8 cm³/mol. The molecule has 102 valence electrons. The highest BCUT2D eigenvalue weighted by Gasteiger charge is 2.02. The van der Waals surface area contributed by atoms with E-state index in [0.717, 1.165) is 36.8 Å². The summed E-state index contributed by atoms with van der Waals surface area (Å²) in [5.41, 5.74) is 0. The highest BCUT2D eigenvalue weighted by atomic mass is 16.5.